The molecule has 0 N–H and O–H groups in total. The second-order valence-electron chi connectivity index (χ2n) is 9.37. The SMILES string of the molecule is C=C/C=C\C=C/Cc1ccc(-c2nc3ccc(F)cc3c(C(C)=O)c2C)cc1OC/C=C/CP(=C)(OCC)OCC. The molecule has 0 unspecified atom stereocenters. The minimum Gasteiger partial charge on any atom is -0.489 e. The van der Waals surface area contributed by atoms with Gasteiger partial charge in [0.05, 0.1) is 24.4 Å². The number of ether oxygens (including phenoxy) is 1. The summed E-state index contributed by atoms with van der Waals surface area (Å²) >= 11 is 0. The van der Waals surface area contributed by atoms with Crippen LogP contribution in [0.1, 0.15) is 42.3 Å². The van der Waals surface area contributed by atoms with Gasteiger partial charge < -0.3 is 13.8 Å². The molecule has 3 aromatic rings. The quantitative estimate of drug-likeness (QED) is 0.0785. The van der Waals surface area contributed by atoms with Gasteiger partial charge in [-0.15, -0.1) is 0 Å². The number of ketones is 1. The Hall–Kier alpha value is -3.57. The summed E-state index contributed by atoms with van der Waals surface area (Å²) in [5, 5.41) is 0.512. The molecule has 41 heavy (non-hydrogen) atoms. The minimum absolute atomic E-state index is 0.138. The van der Waals surface area contributed by atoms with E-state index in [0.717, 1.165) is 11.1 Å². The van der Waals surface area contributed by atoms with E-state index in [9.17, 15) is 9.18 Å². The molecule has 5 nitrogen and oxygen atoms in total. The number of nitrogens with zero attached hydrogens (tertiary/aromatic N) is 1. The van der Waals surface area contributed by atoms with Gasteiger partial charge in [-0.2, -0.15) is 0 Å². The molecule has 7 heteroatoms. The van der Waals surface area contributed by atoms with Crippen LogP contribution in [0.15, 0.2) is 85.5 Å². The van der Waals surface area contributed by atoms with E-state index in [-0.39, 0.29) is 5.78 Å². The molecule has 0 spiro atoms. The molecule has 0 atom stereocenters. The maximum absolute atomic E-state index is 14.0. The average molecular weight is 576 g/mol. The fraction of sp³-hybridized carbons (Fsp3) is 0.265. The van der Waals surface area contributed by atoms with Gasteiger partial charge in [0.1, 0.15) is 25.5 Å². The van der Waals surface area contributed by atoms with Crippen LogP contribution in [0.25, 0.3) is 22.2 Å². The highest BCUT2D eigenvalue weighted by Crippen LogP contribution is 2.47. The number of aromatic nitrogens is 1. The normalized spacial score (nSPS) is 12.2. The van der Waals surface area contributed by atoms with Crippen molar-refractivity contribution in [3.05, 3.63) is 108 Å². The van der Waals surface area contributed by atoms with E-state index < -0.39 is 13.2 Å². The molecule has 216 valence electrons. The summed E-state index contributed by atoms with van der Waals surface area (Å²) in [6.45, 7) is 12.4. The number of pyridine rings is 1. The van der Waals surface area contributed by atoms with Crippen LogP contribution in [0.5, 0.6) is 5.75 Å². The molecule has 0 fully saturated rings. The molecule has 3 rings (SSSR count). The van der Waals surface area contributed by atoms with Crippen molar-refractivity contribution < 1.29 is 23.0 Å². The molecule has 1 heterocycles. The number of benzene rings is 2. The minimum atomic E-state index is -2.18. The Kier molecular flexibility index (Phi) is 12.0. The fourth-order valence-electron chi connectivity index (χ4n) is 4.54. The lowest BCUT2D eigenvalue weighted by molar-refractivity contribution is 0.101. The summed E-state index contributed by atoms with van der Waals surface area (Å²) in [4.78, 5) is 17.4. The first-order chi connectivity index (χ1) is 19.7. The van der Waals surface area contributed by atoms with Crippen LogP contribution in [0.4, 0.5) is 4.39 Å². The summed E-state index contributed by atoms with van der Waals surface area (Å²) in [6, 6.07) is 10.3. The summed E-state index contributed by atoms with van der Waals surface area (Å²) in [6.07, 6.45) is 18.9. The Bertz CT molecular complexity index is 1510. The maximum atomic E-state index is 14.0. The molecular formula is C34H39FNO4P. The van der Waals surface area contributed by atoms with Crippen molar-refractivity contribution in [1.82, 2.24) is 4.98 Å². The number of carbonyl (C=O) groups is 1. The highest BCUT2D eigenvalue weighted by Gasteiger charge is 2.18. The van der Waals surface area contributed by atoms with Crippen LogP contribution in [0, 0.1) is 12.7 Å². The van der Waals surface area contributed by atoms with E-state index in [1.54, 1.807) is 12.1 Å². The van der Waals surface area contributed by atoms with E-state index in [1.807, 2.05) is 75.4 Å². The standard InChI is InChI=1S/C34H39FNO4P/c1-7-10-11-12-13-16-27-17-18-28(23-32(27)38-21-14-15-22-41(6,39-8-2)40-9-3)34-25(4)33(26(5)37)30-24-29(35)19-20-31(30)36-34/h7,10-15,17-20,23-24H,1,6,8-9,16,21-22H2,2-5H3/b11-10-,13-12-,15-14+. The van der Waals surface area contributed by atoms with Crippen LogP contribution >= 0.6 is 7.34 Å². The number of carbonyl (C=O) groups excluding carboxylic acids is 1. The maximum Gasteiger partial charge on any atom is 0.160 e. The molecule has 0 aliphatic rings. The van der Waals surface area contributed by atoms with E-state index in [2.05, 4.69) is 12.9 Å². The molecule has 0 saturated heterocycles. The largest absolute Gasteiger partial charge is 0.489 e. The molecule has 2 aromatic carbocycles. The van der Waals surface area contributed by atoms with Crippen molar-refractivity contribution in [3.8, 4) is 17.0 Å². The van der Waals surface area contributed by atoms with Gasteiger partial charge in [0.25, 0.3) is 0 Å². The van der Waals surface area contributed by atoms with Crippen molar-refractivity contribution in [1.29, 1.82) is 0 Å². The first-order valence-electron chi connectivity index (χ1n) is 13.7. The van der Waals surface area contributed by atoms with Crippen LogP contribution in [-0.2, 0) is 15.5 Å². The number of hydrogen-bond acceptors (Lipinski definition) is 5. The topological polar surface area (TPSA) is 57.7 Å². The summed E-state index contributed by atoms with van der Waals surface area (Å²) in [5.41, 5.74) is 4.20. The third-order valence-corrected chi connectivity index (χ3v) is 8.55. The van der Waals surface area contributed by atoms with Gasteiger partial charge in [0.2, 0.25) is 0 Å². The number of fused-ring (bicyclic) bond motifs is 1. The van der Waals surface area contributed by atoms with Crippen molar-refractivity contribution in [2.75, 3.05) is 26.0 Å². The molecular weight excluding hydrogens is 536 g/mol. The van der Waals surface area contributed by atoms with E-state index in [0.29, 0.717) is 65.9 Å². The molecule has 0 amide bonds. The smallest absolute Gasteiger partial charge is 0.160 e. The lowest BCUT2D eigenvalue weighted by atomic mass is 9.94. The summed E-state index contributed by atoms with van der Waals surface area (Å²) < 4.78 is 31.8. The Morgan fingerprint density at radius 2 is 1.78 bits per heavy atom. The van der Waals surface area contributed by atoms with Crippen molar-refractivity contribution in [2.24, 2.45) is 0 Å². The number of hydrogen-bond donors (Lipinski definition) is 0. The van der Waals surface area contributed by atoms with Crippen LogP contribution in [0.3, 0.4) is 0 Å². The second-order valence-corrected chi connectivity index (χ2v) is 11.9. The van der Waals surface area contributed by atoms with Gasteiger partial charge in [0.15, 0.2) is 5.78 Å². The molecule has 0 aliphatic heterocycles. The van der Waals surface area contributed by atoms with Gasteiger partial charge in [-0.05, 0) is 69.5 Å². The molecule has 0 bridgehead atoms. The highest BCUT2D eigenvalue weighted by molar-refractivity contribution is 7.64. The third kappa shape index (κ3) is 8.71. The molecule has 0 aliphatic carbocycles. The van der Waals surface area contributed by atoms with Gasteiger partial charge in [-0.25, -0.2) is 9.37 Å². The van der Waals surface area contributed by atoms with Gasteiger partial charge in [-0.1, -0.05) is 67.5 Å². The first-order valence-corrected chi connectivity index (χ1v) is 15.7. The van der Waals surface area contributed by atoms with Crippen LogP contribution in [0.2, 0.25) is 0 Å². The Balaban J connectivity index is 1.97. The van der Waals surface area contributed by atoms with Crippen molar-refractivity contribution >= 4 is 30.3 Å². The van der Waals surface area contributed by atoms with E-state index in [1.165, 1.54) is 19.1 Å². The lowest BCUT2D eigenvalue weighted by Crippen LogP contribution is -2.04. The van der Waals surface area contributed by atoms with Gasteiger partial charge in [0, 0.05) is 22.7 Å². The Morgan fingerprint density at radius 1 is 1.02 bits per heavy atom. The predicted molar refractivity (Wildman–Crippen MR) is 171 cm³/mol. The van der Waals surface area contributed by atoms with Crippen LogP contribution in [-0.4, -0.2) is 43.0 Å². The van der Waals surface area contributed by atoms with E-state index >= 15 is 0 Å². The molecule has 0 saturated carbocycles. The zero-order chi connectivity index (χ0) is 29.8. The lowest BCUT2D eigenvalue weighted by Gasteiger charge is -2.21. The molecule has 1 aromatic heterocycles. The Morgan fingerprint density at radius 3 is 2.46 bits per heavy atom. The number of allylic oxidation sites excluding steroid dienone is 6. The third-order valence-electron chi connectivity index (χ3n) is 6.33. The van der Waals surface area contributed by atoms with Crippen LogP contribution < -0.4 is 4.74 Å². The fourth-order valence-corrected chi connectivity index (χ4v) is 6.24. The first kappa shape index (κ1) is 32.0. The number of rotatable bonds is 15. The van der Waals surface area contributed by atoms with E-state index in [4.69, 9.17) is 18.8 Å². The predicted octanol–water partition coefficient (Wildman–Crippen LogP) is 8.68. The monoisotopic (exact) mass is 575 g/mol. The number of Topliss-reactive ketones (excluding diaryl/α,β-unsaturated/α-hetero) is 1. The Labute approximate surface area is 243 Å². The highest BCUT2D eigenvalue weighted by atomic mass is 31.2. The second kappa shape index (κ2) is 15.4. The summed E-state index contributed by atoms with van der Waals surface area (Å²) in [5.74, 6) is 0.166. The number of halogens is 1. The van der Waals surface area contributed by atoms with Crippen molar-refractivity contribution in [3.63, 3.8) is 0 Å². The summed E-state index contributed by atoms with van der Waals surface area (Å²) in [7, 11) is -2.18. The van der Waals surface area contributed by atoms with Gasteiger partial charge >= 0.3 is 0 Å². The molecule has 0 radical (unpaired) electrons. The zero-order valence-electron chi connectivity index (χ0n) is 24.4. The zero-order valence-corrected chi connectivity index (χ0v) is 25.3. The van der Waals surface area contributed by atoms with Gasteiger partial charge in [-0.3, -0.25) is 4.79 Å². The average Bonchev–Trinajstić information content (AvgIpc) is 2.93. The van der Waals surface area contributed by atoms with Crippen molar-refractivity contribution in [2.45, 2.75) is 34.1 Å².